The second-order valence-electron chi connectivity index (χ2n) is 9.40. The Labute approximate surface area is 225 Å². The highest BCUT2D eigenvalue weighted by Gasteiger charge is 2.18. The smallest absolute Gasteiger partial charge is 0.283 e. The van der Waals surface area contributed by atoms with Gasteiger partial charge in [0.2, 0.25) is 11.9 Å². The molecule has 1 unspecified atom stereocenters. The van der Waals surface area contributed by atoms with Crippen molar-refractivity contribution in [3.8, 4) is 5.69 Å². The van der Waals surface area contributed by atoms with Gasteiger partial charge in [-0.25, -0.2) is 4.98 Å². The predicted octanol–water partition coefficient (Wildman–Crippen LogP) is 2.55. The van der Waals surface area contributed by atoms with Crippen molar-refractivity contribution in [2.75, 3.05) is 48.3 Å². The number of hydrogen-bond donors (Lipinski definition) is 3. The molecule has 1 amide bonds. The molecule has 2 aromatic carbocycles. The minimum absolute atomic E-state index is 0.272. The number of amides is 1. The Bertz CT molecular complexity index is 1540. The largest absolute Gasteiger partial charge is 0.392 e. The zero-order valence-electron chi connectivity index (χ0n) is 21.6. The van der Waals surface area contributed by atoms with Crippen molar-refractivity contribution >= 4 is 40.0 Å². The van der Waals surface area contributed by atoms with Crippen LogP contribution in [0.4, 0.5) is 23.0 Å². The third-order valence-electron chi connectivity index (χ3n) is 6.48. The zero-order chi connectivity index (χ0) is 27.4. The molecule has 1 fully saturated rings. The fraction of sp³-hybridized carbons (Fsp3) is 0.250. The van der Waals surface area contributed by atoms with E-state index >= 15 is 0 Å². The maximum atomic E-state index is 12.4. The number of aliphatic hydroxyl groups excluding tert-OH is 1. The average Bonchev–Trinajstić information content (AvgIpc) is 2.94. The molecule has 2 aromatic heterocycles. The van der Waals surface area contributed by atoms with Gasteiger partial charge in [-0.3, -0.25) is 19.1 Å². The quantitative estimate of drug-likeness (QED) is 0.297. The highest BCUT2D eigenvalue weighted by Crippen LogP contribution is 2.23. The molecule has 0 saturated carbocycles. The van der Waals surface area contributed by atoms with Gasteiger partial charge < -0.3 is 20.6 Å². The number of anilines is 4. The molecule has 5 rings (SSSR count). The van der Waals surface area contributed by atoms with Crippen molar-refractivity contribution < 1.29 is 9.90 Å². The first-order valence-electron chi connectivity index (χ1n) is 12.7. The molecule has 0 radical (unpaired) electrons. The summed E-state index contributed by atoms with van der Waals surface area (Å²) in [6.07, 6.45) is 3.74. The molecule has 1 aliphatic rings. The number of piperazine rings is 1. The molecule has 0 spiro atoms. The topological polar surface area (TPSA) is 129 Å². The van der Waals surface area contributed by atoms with E-state index in [4.69, 9.17) is 0 Å². The van der Waals surface area contributed by atoms with Gasteiger partial charge in [0, 0.05) is 56.0 Å². The number of carbonyl (C=O) groups is 1. The minimum atomic E-state index is -0.429. The van der Waals surface area contributed by atoms with Crippen LogP contribution >= 0.6 is 0 Å². The first-order valence-corrected chi connectivity index (χ1v) is 12.7. The summed E-state index contributed by atoms with van der Waals surface area (Å²) in [5, 5.41) is 15.8. The SMILES string of the molecule is C=CC(=O)Nc1cccc(-n2cnc(=O)c3cnc(Nc4ccc(N5CCN(CC(C)O)CC5)cc4)nc32)c1. The second kappa shape index (κ2) is 11.4. The van der Waals surface area contributed by atoms with Gasteiger partial charge >= 0.3 is 0 Å². The molecule has 0 bridgehead atoms. The highest BCUT2D eigenvalue weighted by atomic mass is 16.3. The van der Waals surface area contributed by atoms with E-state index < -0.39 is 5.56 Å². The molecule has 11 heteroatoms. The first kappa shape index (κ1) is 26.0. The number of carbonyl (C=O) groups excluding carboxylic acids is 1. The van der Waals surface area contributed by atoms with Gasteiger partial charge in [0.15, 0.2) is 5.65 Å². The van der Waals surface area contributed by atoms with Crippen LogP contribution in [0, 0.1) is 0 Å². The van der Waals surface area contributed by atoms with Crippen LogP contribution in [0.15, 0.2) is 78.5 Å². The molecule has 3 heterocycles. The Kier molecular flexibility index (Phi) is 7.62. The van der Waals surface area contributed by atoms with Crippen LogP contribution in [0.5, 0.6) is 0 Å². The van der Waals surface area contributed by atoms with Gasteiger partial charge in [-0.05, 0) is 55.5 Å². The Balaban J connectivity index is 1.35. The normalized spacial score (nSPS) is 14.7. The lowest BCUT2D eigenvalue weighted by atomic mass is 10.2. The van der Waals surface area contributed by atoms with E-state index in [-0.39, 0.29) is 17.4 Å². The Hall–Kier alpha value is -4.61. The summed E-state index contributed by atoms with van der Waals surface area (Å²) >= 11 is 0. The fourth-order valence-electron chi connectivity index (χ4n) is 4.56. The monoisotopic (exact) mass is 526 g/mol. The summed E-state index contributed by atoms with van der Waals surface area (Å²) in [4.78, 5) is 41.7. The Morgan fingerprint density at radius 1 is 1.08 bits per heavy atom. The predicted molar refractivity (Wildman–Crippen MR) is 152 cm³/mol. The van der Waals surface area contributed by atoms with Crippen LogP contribution in [0.3, 0.4) is 0 Å². The van der Waals surface area contributed by atoms with Crippen LogP contribution < -0.4 is 21.1 Å². The van der Waals surface area contributed by atoms with Gasteiger partial charge in [0.25, 0.3) is 5.56 Å². The molecular formula is C28H30N8O3. The third-order valence-corrected chi connectivity index (χ3v) is 6.48. The molecule has 1 saturated heterocycles. The lowest BCUT2D eigenvalue weighted by Gasteiger charge is -2.36. The maximum Gasteiger partial charge on any atom is 0.283 e. The van der Waals surface area contributed by atoms with E-state index in [0.717, 1.165) is 37.6 Å². The molecule has 0 aliphatic carbocycles. The maximum absolute atomic E-state index is 12.4. The van der Waals surface area contributed by atoms with Crippen LogP contribution in [0.2, 0.25) is 0 Å². The number of fused-ring (bicyclic) bond motifs is 1. The summed E-state index contributed by atoms with van der Waals surface area (Å²) in [5.74, 6) is 0.00547. The molecule has 39 heavy (non-hydrogen) atoms. The molecule has 1 atom stereocenters. The summed E-state index contributed by atoms with van der Waals surface area (Å²) in [7, 11) is 0. The van der Waals surface area contributed by atoms with E-state index in [2.05, 4.69) is 54.1 Å². The number of hydrogen-bond acceptors (Lipinski definition) is 9. The molecular weight excluding hydrogens is 496 g/mol. The Morgan fingerprint density at radius 3 is 2.56 bits per heavy atom. The average molecular weight is 527 g/mol. The standard InChI is InChI=1S/C28H30N8O3/c1-3-25(38)31-21-5-4-6-23(15-21)36-18-30-27(39)24-16-29-28(33-26(24)36)32-20-7-9-22(10-8-20)35-13-11-34(12-14-35)17-19(2)37/h3-10,15-16,18-19,37H,1,11-14,17H2,2H3,(H,31,38)(H,29,32,33). The fourth-order valence-corrected chi connectivity index (χ4v) is 4.56. The molecule has 11 nitrogen and oxygen atoms in total. The van der Waals surface area contributed by atoms with Gasteiger partial charge in [-0.1, -0.05) is 12.6 Å². The van der Waals surface area contributed by atoms with Crippen molar-refractivity contribution in [1.82, 2.24) is 24.4 Å². The van der Waals surface area contributed by atoms with Crippen LogP contribution in [-0.4, -0.2) is 74.3 Å². The van der Waals surface area contributed by atoms with E-state index in [9.17, 15) is 14.7 Å². The number of benzene rings is 2. The van der Waals surface area contributed by atoms with Gasteiger partial charge in [0.1, 0.15) is 11.7 Å². The highest BCUT2D eigenvalue weighted by molar-refractivity contribution is 5.99. The Morgan fingerprint density at radius 2 is 1.85 bits per heavy atom. The minimum Gasteiger partial charge on any atom is -0.392 e. The summed E-state index contributed by atoms with van der Waals surface area (Å²) in [5.41, 5.74) is 3.12. The summed E-state index contributed by atoms with van der Waals surface area (Å²) in [6, 6.07) is 15.2. The molecule has 3 N–H and O–H groups in total. The second-order valence-corrected chi connectivity index (χ2v) is 9.40. The van der Waals surface area contributed by atoms with E-state index in [0.29, 0.717) is 29.5 Å². The van der Waals surface area contributed by atoms with Crippen molar-refractivity contribution in [3.05, 3.63) is 84.1 Å². The van der Waals surface area contributed by atoms with Gasteiger partial charge in [-0.2, -0.15) is 9.97 Å². The van der Waals surface area contributed by atoms with E-state index in [1.165, 1.54) is 18.6 Å². The van der Waals surface area contributed by atoms with Crippen molar-refractivity contribution in [1.29, 1.82) is 0 Å². The van der Waals surface area contributed by atoms with E-state index in [1.54, 1.807) is 22.8 Å². The molecule has 4 aromatic rings. The lowest BCUT2D eigenvalue weighted by Crippen LogP contribution is -2.48. The summed E-state index contributed by atoms with van der Waals surface area (Å²) in [6.45, 7) is 9.61. The third kappa shape index (κ3) is 6.11. The molecule has 200 valence electrons. The number of nitrogens with one attached hydrogen (secondary N) is 2. The molecule has 1 aliphatic heterocycles. The van der Waals surface area contributed by atoms with Crippen molar-refractivity contribution in [2.45, 2.75) is 13.0 Å². The van der Waals surface area contributed by atoms with E-state index in [1.807, 2.05) is 25.1 Å². The van der Waals surface area contributed by atoms with Crippen LogP contribution in [0.25, 0.3) is 16.7 Å². The number of β-amino-alcohol motifs (C(OH)–C–C–N with tert-alkyl or cyclic N) is 1. The van der Waals surface area contributed by atoms with Gasteiger partial charge in [-0.15, -0.1) is 0 Å². The number of aromatic nitrogens is 4. The number of aliphatic hydroxyl groups is 1. The number of rotatable bonds is 8. The van der Waals surface area contributed by atoms with Gasteiger partial charge in [0.05, 0.1) is 11.8 Å². The zero-order valence-corrected chi connectivity index (χ0v) is 21.6. The van der Waals surface area contributed by atoms with Crippen LogP contribution in [0.1, 0.15) is 6.92 Å². The van der Waals surface area contributed by atoms with Crippen LogP contribution in [-0.2, 0) is 4.79 Å². The first-order chi connectivity index (χ1) is 18.9. The van der Waals surface area contributed by atoms with Crippen molar-refractivity contribution in [3.63, 3.8) is 0 Å². The lowest BCUT2D eigenvalue weighted by molar-refractivity contribution is -0.111. The van der Waals surface area contributed by atoms with Crippen molar-refractivity contribution in [2.24, 2.45) is 0 Å². The summed E-state index contributed by atoms with van der Waals surface area (Å²) < 4.78 is 1.67. The number of nitrogens with zero attached hydrogens (tertiary/aromatic N) is 6.